The summed E-state index contributed by atoms with van der Waals surface area (Å²) in [5, 5.41) is 1.42. The van der Waals surface area contributed by atoms with Gasteiger partial charge in [-0.15, -0.1) is 0 Å². The lowest BCUT2D eigenvalue weighted by Gasteiger charge is -2.37. The molecule has 1 saturated carbocycles. The Morgan fingerprint density at radius 2 is 1.70 bits per heavy atom. The first-order valence-electron chi connectivity index (χ1n) is 12.9. The van der Waals surface area contributed by atoms with Gasteiger partial charge in [-0.05, 0) is 55.2 Å². The minimum absolute atomic E-state index is 0.0325. The van der Waals surface area contributed by atoms with E-state index in [0.717, 1.165) is 50.0 Å². The Morgan fingerprint density at radius 3 is 2.43 bits per heavy atom. The molecule has 5 rings (SSSR count). The van der Waals surface area contributed by atoms with Crippen LogP contribution in [0.5, 0.6) is 0 Å². The van der Waals surface area contributed by atoms with Crippen molar-refractivity contribution in [2.45, 2.75) is 45.1 Å². The van der Waals surface area contributed by atoms with Gasteiger partial charge in [0.1, 0.15) is 0 Å². The molecule has 0 unspecified atom stereocenters. The zero-order chi connectivity index (χ0) is 25.9. The predicted molar refractivity (Wildman–Crippen MR) is 147 cm³/mol. The number of rotatable bonds is 7. The van der Waals surface area contributed by atoms with Gasteiger partial charge in [0.2, 0.25) is 5.91 Å². The van der Waals surface area contributed by atoms with E-state index in [1.807, 2.05) is 29.2 Å². The molecule has 0 N–H and O–H groups in total. The number of hydrogen-bond acceptors (Lipinski definition) is 5. The highest BCUT2D eigenvalue weighted by Crippen LogP contribution is 2.28. The number of fused-ring (bicyclic) bond motifs is 1. The zero-order valence-corrected chi connectivity index (χ0v) is 22.2. The Kier molecular flexibility index (Phi) is 7.81. The second-order valence-corrected chi connectivity index (χ2v) is 10.8. The van der Waals surface area contributed by atoms with E-state index in [1.165, 1.54) is 10.9 Å². The van der Waals surface area contributed by atoms with Crippen LogP contribution in [0.1, 0.15) is 37.7 Å². The van der Waals surface area contributed by atoms with Gasteiger partial charge in [-0.25, -0.2) is 4.98 Å². The largest absolute Gasteiger partial charge is 0.368 e. The Bertz CT molecular complexity index is 1380. The Balaban J connectivity index is 1.23. The standard InChI is InChI=1S/C28H30Cl2N4O3/c29-24-9-6-19(15-25(24)30)5-8-22(35)17-34-18-31-26-10-7-21(16-23(26)28(34)37)32-11-13-33(14-12-32)27(36)20-3-1-2-4-20/h6-7,9-10,15-16,18,20H,1-5,8,11-14,17H2. The van der Waals surface area contributed by atoms with Crippen molar-refractivity contribution in [3.8, 4) is 0 Å². The molecule has 7 nitrogen and oxygen atoms in total. The second-order valence-electron chi connectivity index (χ2n) is 9.96. The van der Waals surface area contributed by atoms with Crippen LogP contribution in [0.3, 0.4) is 0 Å². The highest BCUT2D eigenvalue weighted by molar-refractivity contribution is 6.42. The Morgan fingerprint density at radius 1 is 0.946 bits per heavy atom. The summed E-state index contributed by atoms with van der Waals surface area (Å²) >= 11 is 12.0. The molecule has 2 aromatic carbocycles. The lowest BCUT2D eigenvalue weighted by molar-refractivity contribution is -0.135. The number of halogens is 2. The summed E-state index contributed by atoms with van der Waals surface area (Å²) in [6, 6.07) is 11.0. The molecule has 0 spiro atoms. The van der Waals surface area contributed by atoms with E-state index >= 15 is 0 Å². The van der Waals surface area contributed by atoms with Crippen LogP contribution in [0.15, 0.2) is 47.5 Å². The maximum Gasteiger partial charge on any atom is 0.261 e. The first-order chi connectivity index (χ1) is 17.9. The predicted octanol–water partition coefficient (Wildman–Crippen LogP) is 4.74. The maximum atomic E-state index is 13.2. The minimum atomic E-state index is -0.232. The van der Waals surface area contributed by atoms with Gasteiger partial charge in [0.25, 0.3) is 5.56 Å². The number of carbonyl (C=O) groups excluding carboxylic acids is 2. The summed E-state index contributed by atoms with van der Waals surface area (Å²) in [6.45, 7) is 2.81. The van der Waals surface area contributed by atoms with Crippen LogP contribution in [0.25, 0.3) is 10.9 Å². The van der Waals surface area contributed by atoms with Crippen LogP contribution < -0.4 is 10.5 Å². The SMILES string of the molecule is O=C(CCc1ccc(Cl)c(Cl)c1)Cn1cnc2ccc(N3CCN(C(=O)C4CCCC4)CC3)cc2c1=O. The van der Waals surface area contributed by atoms with Crippen LogP contribution in [-0.2, 0) is 22.6 Å². The Hall–Kier alpha value is -2.90. The average molecular weight is 541 g/mol. The fraction of sp³-hybridized carbons (Fsp3) is 0.429. The summed E-state index contributed by atoms with van der Waals surface area (Å²) in [7, 11) is 0. The van der Waals surface area contributed by atoms with E-state index in [9.17, 15) is 14.4 Å². The van der Waals surface area contributed by atoms with Crippen molar-refractivity contribution in [2.75, 3.05) is 31.1 Å². The number of anilines is 1. The van der Waals surface area contributed by atoms with E-state index in [4.69, 9.17) is 23.2 Å². The second kappa shape index (κ2) is 11.2. The Labute approximate surface area is 226 Å². The molecule has 194 valence electrons. The van der Waals surface area contributed by atoms with Gasteiger partial charge in [-0.3, -0.25) is 19.0 Å². The molecule has 3 aromatic rings. The smallest absolute Gasteiger partial charge is 0.261 e. The summed E-state index contributed by atoms with van der Waals surface area (Å²) in [4.78, 5) is 47.2. The number of aromatic nitrogens is 2. The van der Waals surface area contributed by atoms with Crippen molar-refractivity contribution in [1.29, 1.82) is 0 Å². The number of carbonyl (C=O) groups is 2. The molecule has 2 heterocycles. The van der Waals surface area contributed by atoms with Crippen molar-refractivity contribution in [1.82, 2.24) is 14.5 Å². The lowest BCUT2D eigenvalue weighted by atomic mass is 10.1. The van der Waals surface area contributed by atoms with Gasteiger partial charge >= 0.3 is 0 Å². The number of piperazine rings is 1. The van der Waals surface area contributed by atoms with Crippen LogP contribution in [-0.4, -0.2) is 52.3 Å². The molecule has 2 fully saturated rings. The van der Waals surface area contributed by atoms with Crippen LogP contribution in [0.2, 0.25) is 10.0 Å². The average Bonchev–Trinajstić information content (AvgIpc) is 3.46. The van der Waals surface area contributed by atoms with Crippen molar-refractivity contribution >= 4 is 51.5 Å². The molecule has 1 amide bonds. The number of nitrogens with zero attached hydrogens (tertiary/aromatic N) is 4. The first-order valence-corrected chi connectivity index (χ1v) is 13.6. The third-order valence-electron chi connectivity index (χ3n) is 7.49. The fourth-order valence-corrected chi connectivity index (χ4v) is 5.64. The highest BCUT2D eigenvalue weighted by Gasteiger charge is 2.29. The van der Waals surface area contributed by atoms with Crippen molar-refractivity contribution in [3.63, 3.8) is 0 Å². The molecule has 37 heavy (non-hydrogen) atoms. The molecule has 0 bridgehead atoms. The number of amides is 1. The van der Waals surface area contributed by atoms with Gasteiger partial charge in [-0.2, -0.15) is 0 Å². The number of Topliss-reactive ketones (excluding diaryl/α,β-unsaturated/α-hetero) is 1. The molecule has 0 radical (unpaired) electrons. The normalized spacial score (nSPS) is 16.5. The molecule has 2 aliphatic rings. The van der Waals surface area contributed by atoms with E-state index in [-0.39, 0.29) is 30.2 Å². The van der Waals surface area contributed by atoms with Crippen LogP contribution in [0, 0.1) is 5.92 Å². The van der Waals surface area contributed by atoms with E-state index in [1.54, 1.807) is 12.1 Å². The molecule has 0 atom stereocenters. The maximum absolute atomic E-state index is 13.2. The van der Waals surface area contributed by atoms with E-state index < -0.39 is 0 Å². The fourth-order valence-electron chi connectivity index (χ4n) is 5.32. The molecular formula is C28H30Cl2N4O3. The number of benzene rings is 2. The molecule has 1 aliphatic carbocycles. The summed E-state index contributed by atoms with van der Waals surface area (Å²) in [5.74, 6) is 0.434. The van der Waals surface area contributed by atoms with Crippen LogP contribution in [0.4, 0.5) is 5.69 Å². The minimum Gasteiger partial charge on any atom is -0.368 e. The first kappa shape index (κ1) is 25.7. The van der Waals surface area contributed by atoms with E-state index in [2.05, 4.69) is 9.88 Å². The number of aryl methyl sites for hydroxylation is 1. The molecule has 1 aliphatic heterocycles. The van der Waals surface area contributed by atoms with Gasteiger partial charge in [0, 0.05) is 44.2 Å². The summed E-state index contributed by atoms with van der Waals surface area (Å²) in [5.41, 5.74) is 2.22. The number of ketones is 1. The molecular weight excluding hydrogens is 511 g/mol. The third-order valence-corrected chi connectivity index (χ3v) is 8.23. The highest BCUT2D eigenvalue weighted by atomic mass is 35.5. The molecule has 1 saturated heterocycles. The van der Waals surface area contributed by atoms with Gasteiger partial charge < -0.3 is 9.80 Å². The topological polar surface area (TPSA) is 75.5 Å². The monoisotopic (exact) mass is 540 g/mol. The van der Waals surface area contributed by atoms with Gasteiger partial charge in [-0.1, -0.05) is 42.1 Å². The van der Waals surface area contributed by atoms with Crippen molar-refractivity contribution < 1.29 is 9.59 Å². The van der Waals surface area contributed by atoms with Gasteiger partial charge in [0.15, 0.2) is 5.78 Å². The summed E-state index contributed by atoms with van der Waals surface area (Å²) < 4.78 is 1.38. The third kappa shape index (κ3) is 5.83. The molecule has 9 heteroatoms. The summed E-state index contributed by atoms with van der Waals surface area (Å²) in [6.07, 6.45) is 6.58. The van der Waals surface area contributed by atoms with Gasteiger partial charge in [0.05, 0.1) is 33.8 Å². The van der Waals surface area contributed by atoms with Crippen molar-refractivity contribution in [3.05, 3.63) is 68.7 Å². The molecule has 1 aromatic heterocycles. The quantitative estimate of drug-likeness (QED) is 0.432. The van der Waals surface area contributed by atoms with Crippen molar-refractivity contribution in [2.24, 2.45) is 5.92 Å². The lowest BCUT2D eigenvalue weighted by Crippen LogP contribution is -2.50. The number of hydrogen-bond donors (Lipinski definition) is 0. The van der Waals surface area contributed by atoms with Crippen LogP contribution >= 0.6 is 23.2 Å². The zero-order valence-electron chi connectivity index (χ0n) is 20.7. The van der Waals surface area contributed by atoms with E-state index in [0.29, 0.717) is 46.4 Å².